The van der Waals surface area contributed by atoms with E-state index in [0.717, 1.165) is 5.69 Å². The Morgan fingerprint density at radius 2 is 2.40 bits per heavy atom. The highest BCUT2D eigenvalue weighted by atomic mass is 16.5. The van der Waals surface area contributed by atoms with E-state index in [9.17, 15) is 4.79 Å². The molecule has 5 nitrogen and oxygen atoms in total. The summed E-state index contributed by atoms with van der Waals surface area (Å²) in [6.45, 7) is 2.30. The lowest BCUT2D eigenvalue weighted by molar-refractivity contribution is -0.123. The lowest BCUT2D eigenvalue weighted by Crippen LogP contribution is -2.30. The Labute approximate surface area is 88.6 Å². The average molecular weight is 209 g/mol. The summed E-state index contributed by atoms with van der Waals surface area (Å²) in [7, 11) is 1.85. The smallest absolute Gasteiger partial charge is 0.258 e. The minimum absolute atomic E-state index is 0.491. The van der Waals surface area contributed by atoms with Crippen LogP contribution in [0.15, 0.2) is 18.3 Å². The summed E-state index contributed by atoms with van der Waals surface area (Å²) < 4.78 is 5.25. The molecule has 3 N–H and O–H groups in total. The van der Waals surface area contributed by atoms with E-state index in [0.29, 0.717) is 12.3 Å². The maximum Gasteiger partial charge on any atom is 0.258 e. The number of amides is 1. The number of primary amides is 1. The molecule has 0 aliphatic heterocycles. The average Bonchev–Trinajstić information content (AvgIpc) is 2.21. The van der Waals surface area contributed by atoms with Gasteiger partial charge in [0.25, 0.3) is 5.91 Å². The molecule has 5 heteroatoms. The van der Waals surface area contributed by atoms with Crippen molar-refractivity contribution in [3.05, 3.63) is 24.0 Å². The number of hydrogen-bond donors (Lipinski definition) is 2. The molecule has 0 spiro atoms. The van der Waals surface area contributed by atoms with E-state index in [2.05, 4.69) is 10.3 Å². The Bertz CT molecular complexity index is 324. The number of hydrogen-bond acceptors (Lipinski definition) is 4. The molecule has 0 saturated carbocycles. The van der Waals surface area contributed by atoms with Gasteiger partial charge in [-0.05, 0) is 26.1 Å². The molecule has 1 atom stereocenters. The van der Waals surface area contributed by atoms with Gasteiger partial charge < -0.3 is 15.8 Å². The standard InChI is InChI=1S/C10H15N3O2/c1-7(10(11)14)15-9-4-3-8(5-12-2)13-6-9/h3-4,6-7,12H,5H2,1-2H3,(H2,11,14). The van der Waals surface area contributed by atoms with Crippen molar-refractivity contribution in [3.63, 3.8) is 0 Å². The van der Waals surface area contributed by atoms with E-state index in [-0.39, 0.29) is 0 Å². The van der Waals surface area contributed by atoms with Crippen LogP contribution in [0.1, 0.15) is 12.6 Å². The summed E-state index contributed by atoms with van der Waals surface area (Å²) >= 11 is 0. The van der Waals surface area contributed by atoms with Crippen LogP contribution in [0.4, 0.5) is 0 Å². The maximum absolute atomic E-state index is 10.7. The molecule has 1 heterocycles. The van der Waals surface area contributed by atoms with E-state index < -0.39 is 12.0 Å². The second-order valence-electron chi connectivity index (χ2n) is 3.18. The van der Waals surface area contributed by atoms with E-state index >= 15 is 0 Å². The molecule has 15 heavy (non-hydrogen) atoms. The third-order valence-electron chi connectivity index (χ3n) is 1.87. The van der Waals surface area contributed by atoms with Crippen LogP contribution < -0.4 is 15.8 Å². The van der Waals surface area contributed by atoms with Crippen molar-refractivity contribution in [2.75, 3.05) is 7.05 Å². The van der Waals surface area contributed by atoms with Crippen LogP contribution in [-0.2, 0) is 11.3 Å². The van der Waals surface area contributed by atoms with Crippen LogP contribution in [0.25, 0.3) is 0 Å². The summed E-state index contributed by atoms with van der Waals surface area (Å²) in [5, 5.41) is 2.99. The molecule has 0 aliphatic rings. The summed E-state index contributed by atoms with van der Waals surface area (Å²) in [5.41, 5.74) is 5.98. The number of aromatic nitrogens is 1. The number of ether oxygens (including phenoxy) is 1. The SMILES string of the molecule is CNCc1ccc(OC(C)C(N)=O)cn1. The number of rotatable bonds is 5. The molecule has 1 amide bonds. The Balaban J connectivity index is 2.60. The van der Waals surface area contributed by atoms with Gasteiger partial charge in [-0.15, -0.1) is 0 Å². The molecule has 82 valence electrons. The molecule has 1 unspecified atom stereocenters. The molecular weight excluding hydrogens is 194 g/mol. The van der Waals surface area contributed by atoms with Gasteiger partial charge in [-0.2, -0.15) is 0 Å². The van der Waals surface area contributed by atoms with Crippen molar-refractivity contribution in [2.24, 2.45) is 5.73 Å². The van der Waals surface area contributed by atoms with Gasteiger partial charge >= 0.3 is 0 Å². The first kappa shape index (κ1) is 11.5. The molecule has 1 rings (SSSR count). The Morgan fingerprint density at radius 3 is 2.87 bits per heavy atom. The van der Waals surface area contributed by atoms with Gasteiger partial charge in [0.2, 0.25) is 0 Å². The van der Waals surface area contributed by atoms with E-state index in [4.69, 9.17) is 10.5 Å². The molecule has 0 saturated heterocycles. The van der Waals surface area contributed by atoms with Crippen LogP contribution in [0, 0.1) is 0 Å². The highest BCUT2D eigenvalue weighted by molar-refractivity contribution is 5.78. The van der Waals surface area contributed by atoms with Gasteiger partial charge in [-0.1, -0.05) is 0 Å². The van der Waals surface area contributed by atoms with Gasteiger partial charge in [0.05, 0.1) is 11.9 Å². The Hall–Kier alpha value is -1.62. The molecule has 1 aromatic rings. The molecule has 0 fully saturated rings. The zero-order valence-electron chi connectivity index (χ0n) is 8.86. The van der Waals surface area contributed by atoms with E-state index in [1.807, 2.05) is 13.1 Å². The predicted molar refractivity (Wildman–Crippen MR) is 56.3 cm³/mol. The zero-order chi connectivity index (χ0) is 11.3. The minimum atomic E-state index is -0.637. The predicted octanol–water partition coefficient (Wildman–Crippen LogP) is 0.0536. The van der Waals surface area contributed by atoms with Crippen LogP contribution in [0.2, 0.25) is 0 Å². The topological polar surface area (TPSA) is 77.2 Å². The van der Waals surface area contributed by atoms with Crippen LogP contribution in [0.5, 0.6) is 5.75 Å². The minimum Gasteiger partial charge on any atom is -0.479 e. The second-order valence-corrected chi connectivity index (χ2v) is 3.18. The summed E-state index contributed by atoms with van der Waals surface area (Å²) in [6, 6.07) is 3.60. The van der Waals surface area contributed by atoms with Crippen molar-refractivity contribution >= 4 is 5.91 Å². The van der Waals surface area contributed by atoms with Gasteiger partial charge in [0.15, 0.2) is 6.10 Å². The molecule has 0 bridgehead atoms. The van der Waals surface area contributed by atoms with Crippen molar-refractivity contribution in [1.82, 2.24) is 10.3 Å². The molecule has 0 aliphatic carbocycles. The van der Waals surface area contributed by atoms with Gasteiger partial charge in [0.1, 0.15) is 5.75 Å². The summed E-state index contributed by atoms with van der Waals surface area (Å²) in [4.78, 5) is 14.9. The number of nitrogens with one attached hydrogen (secondary N) is 1. The first-order valence-corrected chi connectivity index (χ1v) is 4.69. The van der Waals surface area contributed by atoms with Crippen molar-refractivity contribution in [1.29, 1.82) is 0 Å². The number of nitrogens with two attached hydrogens (primary N) is 1. The van der Waals surface area contributed by atoms with E-state index in [1.165, 1.54) is 0 Å². The molecule has 0 aromatic carbocycles. The number of carbonyl (C=O) groups is 1. The largest absolute Gasteiger partial charge is 0.479 e. The summed E-state index contributed by atoms with van der Waals surface area (Å²) in [6.07, 6.45) is 0.938. The van der Waals surface area contributed by atoms with Crippen molar-refractivity contribution < 1.29 is 9.53 Å². The second kappa shape index (κ2) is 5.31. The maximum atomic E-state index is 10.7. The summed E-state index contributed by atoms with van der Waals surface area (Å²) in [5.74, 6) is 0.0513. The fraction of sp³-hybridized carbons (Fsp3) is 0.400. The normalized spacial score (nSPS) is 12.1. The van der Waals surface area contributed by atoms with E-state index in [1.54, 1.807) is 19.2 Å². The highest BCUT2D eigenvalue weighted by Gasteiger charge is 2.09. The van der Waals surface area contributed by atoms with Gasteiger partial charge in [-0.3, -0.25) is 9.78 Å². The molecule has 0 radical (unpaired) electrons. The molecular formula is C10H15N3O2. The fourth-order valence-corrected chi connectivity index (χ4v) is 1.03. The quantitative estimate of drug-likeness (QED) is 0.718. The first-order valence-electron chi connectivity index (χ1n) is 4.69. The van der Waals surface area contributed by atoms with Gasteiger partial charge in [-0.25, -0.2) is 0 Å². The third-order valence-corrected chi connectivity index (χ3v) is 1.87. The number of carbonyl (C=O) groups excluding carboxylic acids is 1. The van der Waals surface area contributed by atoms with Crippen molar-refractivity contribution in [3.8, 4) is 5.75 Å². The highest BCUT2D eigenvalue weighted by Crippen LogP contribution is 2.10. The Kier molecular flexibility index (Phi) is 4.05. The zero-order valence-corrected chi connectivity index (χ0v) is 8.86. The van der Waals surface area contributed by atoms with Crippen LogP contribution in [0.3, 0.4) is 0 Å². The Morgan fingerprint density at radius 1 is 1.67 bits per heavy atom. The number of nitrogens with zero attached hydrogens (tertiary/aromatic N) is 1. The lowest BCUT2D eigenvalue weighted by atomic mass is 10.3. The molecule has 1 aromatic heterocycles. The fourth-order valence-electron chi connectivity index (χ4n) is 1.03. The first-order chi connectivity index (χ1) is 7.13. The van der Waals surface area contributed by atoms with Crippen LogP contribution in [-0.4, -0.2) is 24.0 Å². The number of pyridine rings is 1. The van der Waals surface area contributed by atoms with Crippen LogP contribution >= 0.6 is 0 Å². The third kappa shape index (κ3) is 3.55. The monoisotopic (exact) mass is 209 g/mol. The van der Waals surface area contributed by atoms with Gasteiger partial charge in [0, 0.05) is 6.54 Å². The van der Waals surface area contributed by atoms with Crippen molar-refractivity contribution in [2.45, 2.75) is 19.6 Å². The lowest BCUT2D eigenvalue weighted by Gasteiger charge is -2.10.